The molecule has 0 spiro atoms. The predicted octanol–water partition coefficient (Wildman–Crippen LogP) is 0.140. The molecule has 0 aromatic rings. The number of hydrogen-bond acceptors (Lipinski definition) is 3. The van der Waals surface area contributed by atoms with Crippen LogP contribution < -0.4 is 11.1 Å². The highest BCUT2D eigenvalue weighted by atomic mass is 19.3. The van der Waals surface area contributed by atoms with Crippen molar-refractivity contribution in [2.75, 3.05) is 6.54 Å². The van der Waals surface area contributed by atoms with E-state index in [1.165, 1.54) is 0 Å². The van der Waals surface area contributed by atoms with Crippen LogP contribution in [0.5, 0.6) is 0 Å². The second-order valence-electron chi connectivity index (χ2n) is 2.62. The molecule has 0 fully saturated rings. The van der Waals surface area contributed by atoms with E-state index in [0.717, 1.165) is 0 Å². The summed E-state index contributed by atoms with van der Waals surface area (Å²) in [6.45, 7) is 0.901. The van der Waals surface area contributed by atoms with Crippen molar-refractivity contribution in [1.82, 2.24) is 5.32 Å². The number of carbonyl (C=O) groups excluding carboxylic acids is 1. The number of oxime groups is 1. The molecule has 7 heteroatoms. The lowest BCUT2D eigenvalue weighted by Crippen LogP contribution is -2.40. The fourth-order valence-corrected chi connectivity index (χ4v) is 0.899. The third-order valence-corrected chi connectivity index (χ3v) is 1.63. The van der Waals surface area contributed by atoms with E-state index in [-0.39, 0.29) is 12.3 Å². The van der Waals surface area contributed by atoms with Crippen LogP contribution >= 0.6 is 0 Å². The molecule has 0 bridgehead atoms. The Morgan fingerprint density at radius 2 is 2.21 bits per heavy atom. The molecule has 1 unspecified atom stereocenters. The van der Waals surface area contributed by atoms with Crippen molar-refractivity contribution in [3.63, 3.8) is 0 Å². The van der Waals surface area contributed by atoms with Gasteiger partial charge in [0, 0.05) is 0 Å². The van der Waals surface area contributed by atoms with Crippen LogP contribution in [0.3, 0.4) is 0 Å². The largest absolute Gasteiger partial charge is 0.409 e. The summed E-state index contributed by atoms with van der Waals surface area (Å²) in [5.41, 5.74) is 5.19. The minimum absolute atomic E-state index is 0.278. The number of hydrogen-bond donors (Lipinski definition) is 3. The number of amidine groups is 1. The number of alkyl halides is 2. The molecule has 82 valence electrons. The van der Waals surface area contributed by atoms with Crippen molar-refractivity contribution in [3.8, 4) is 0 Å². The van der Waals surface area contributed by atoms with E-state index in [2.05, 4.69) is 5.16 Å². The number of carbonyl (C=O) groups is 1. The maximum Gasteiger partial charge on any atom is 0.255 e. The van der Waals surface area contributed by atoms with E-state index >= 15 is 0 Å². The smallest absolute Gasteiger partial charge is 0.255 e. The van der Waals surface area contributed by atoms with Gasteiger partial charge in [-0.2, -0.15) is 0 Å². The summed E-state index contributed by atoms with van der Waals surface area (Å²) in [5, 5.41) is 12.9. The number of amides is 1. The van der Waals surface area contributed by atoms with Gasteiger partial charge >= 0.3 is 0 Å². The zero-order chi connectivity index (χ0) is 11.1. The van der Waals surface area contributed by atoms with Crippen molar-refractivity contribution >= 4 is 11.7 Å². The first-order chi connectivity index (χ1) is 6.52. The van der Waals surface area contributed by atoms with Gasteiger partial charge in [0.05, 0.1) is 12.5 Å². The molecule has 0 saturated heterocycles. The Morgan fingerprint density at radius 3 is 2.57 bits per heavy atom. The molecular formula is C7H13F2N3O2. The summed E-state index contributed by atoms with van der Waals surface area (Å²) >= 11 is 0. The molecule has 14 heavy (non-hydrogen) atoms. The summed E-state index contributed by atoms with van der Waals surface area (Å²) in [7, 11) is 0. The number of nitrogens with two attached hydrogens (primary N) is 1. The fraction of sp³-hybridized carbons (Fsp3) is 0.714. The van der Waals surface area contributed by atoms with Crippen LogP contribution in [0.2, 0.25) is 0 Å². The summed E-state index contributed by atoms with van der Waals surface area (Å²) in [6.07, 6.45) is -2.32. The minimum Gasteiger partial charge on any atom is -0.409 e. The van der Waals surface area contributed by atoms with Crippen LogP contribution in [0.1, 0.15) is 13.3 Å². The molecule has 0 rings (SSSR count). The van der Waals surface area contributed by atoms with Crippen molar-refractivity contribution in [2.45, 2.75) is 19.8 Å². The molecule has 0 radical (unpaired) electrons. The Hall–Kier alpha value is -1.40. The molecule has 0 aromatic carbocycles. The lowest BCUT2D eigenvalue weighted by Gasteiger charge is -2.12. The topological polar surface area (TPSA) is 87.7 Å². The molecule has 0 saturated carbocycles. The lowest BCUT2D eigenvalue weighted by molar-refractivity contribution is -0.123. The van der Waals surface area contributed by atoms with Gasteiger partial charge in [-0.15, -0.1) is 0 Å². The summed E-state index contributed by atoms with van der Waals surface area (Å²) in [6, 6.07) is 0. The molecule has 0 aliphatic rings. The van der Waals surface area contributed by atoms with Gasteiger partial charge in [0.2, 0.25) is 5.91 Å². The molecule has 5 nitrogen and oxygen atoms in total. The van der Waals surface area contributed by atoms with Crippen LogP contribution in [0, 0.1) is 5.92 Å². The molecule has 0 aliphatic carbocycles. The standard InChI is InChI=1S/C7H13F2N3O2/c1-2-4(6(10)12-14)7(13)11-3-5(8)9/h4-5,14H,2-3H2,1H3,(H2,10,12)(H,11,13). The number of rotatable bonds is 5. The third kappa shape index (κ3) is 4.01. The highest BCUT2D eigenvalue weighted by molar-refractivity contribution is 6.01. The zero-order valence-corrected chi connectivity index (χ0v) is 7.70. The van der Waals surface area contributed by atoms with Crippen molar-refractivity contribution in [1.29, 1.82) is 0 Å². The monoisotopic (exact) mass is 209 g/mol. The van der Waals surface area contributed by atoms with Gasteiger partial charge in [-0.3, -0.25) is 4.79 Å². The third-order valence-electron chi connectivity index (χ3n) is 1.63. The average molecular weight is 209 g/mol. The van der Waals surface area contributed by atoms with E-state index in [1.54, 1.807) is 6.92 Å². The van der Waals surface area contributed by atoms with Crippen LogP contribution in [-0.4, -0.2) is 29.9 Å². The van der Waals surface area contributed by atoms with Crippen LogP contribution in [-0.2, 0) is 4.79 Å². The van der Waals surface area contributed by atoms with Crippen molar-refractivity contribution < 1.29 is 18.8 Å². The minimum atomic E-state index is -2.61. The highest BCUT2D eigenvalue weighted by Gasteiger charge is 2.21. The predicted molar refractivity (Wildman–Crippen MR) is 46.2 cm³/mol. The lowest BCUT2D eigenvalue weighted by atomic mass is 10.1. The molecule has 4 N–H and O–H groups in total. The quantitative estimate of drug-likeness (QED) is 0.260. The first-order valence-corrected chi connectivity index (χ1v) is 4.06. The number of nitrogens with zero attached hydrogens (tertiary/aromatic N) is 1. The second-order valence-corrected chi connectivity index (χ2v) is 2.62. The Labute approximate surface area is 80.0 Å². The summed E-state index contributed by atoms with van der Waals surface area (Å²) < 4.78 is 23.4. The molecular weight excluding hydrogens is 196 g/mol. The normalized spacial score (nSPS) is 14.1. The van der Waals surface area contributed by atoms with Crippen molar-refractivity contribution in [3.05, 3.63) is 0 Å². The first-order valence-electron chi connectivity index (χ1n) is 4.06. The molecule has 1 amide bonds. The summed E-state index contributed by atoms with van der Waals surface area (Å²) in [5.74, 6) is -1.80. The number of halogens is 2. The van der Waals surface area contributed by atoms with Gasteiger partial charge < -0.3 is 16.3 Å². The van der Waals surface area contributed by atoms with E-state index in [4.69, 9.17) is 10.9 Å². The van der Waals surface area contributed by atoms with Crippen LogP contribution in [0.25, 0.3) is 0 Å². The van der Waals surface area contributed by atoms with Gasteiger partial charge in [0.25, 0.3) is 6.43 Å². The van der Waals surface area contributed by atoms with E-state index in [1.807, 2.05) is 5.32 Å². The van der Waals surface area contributed by atoms with Crippen LogP contribution in [0.4, 0.5) is 8.78 Å². The van der Waals surface area contributed by atoms with Gasteiger partial charge in [0.1, 0.15) is 0 Å². The maximum atomic E-state index is 11.7. The Morgan fingerprint density at radius 1 is 1.64 bits per heavy atom. The van der Waals surface area contributed by atoms with Gasteiger partial charge in [-0.05, 0) is 6.42 Å². The Kier molecular flexibility index (Phi) is 5.50. The first kappa shape index (κ1) is 12.6. The molecule has 0 heterocycles. The Bertz CT molecular complexity index is 221. The van der Waals surface area contributed by atoms with Crippen LogP contribution in [0.15, 0.2) is 5.16 Å². The fourth-order valence-electron chi connectivity index (χ4n) is 0.899. The average Bonchev–Trinajstić information content (AvgIpc) is 2.15. The molecule has 0 aliphatic heterocycles. The van der Waals surface area contributed by atoms with Gasteiger partial charge in [-0.25, -0.2) is 8.78 Å². The second kappa shape index (κ2) is 6.11. The van der Waals surface area contributed by atoms with Crippen molar-refractivity contribution in [2.24, 2.45) is 16.8 Å². The van der Waals surface area contributed by atoms with Gasteiger partial charge in [0.15, 0.2) is 5.84 Å². The maximum absolute atomic E-state index is 11.7. The van der Waals surface area contributed by atoms with E-state index < -0.39 is 24.8 Å². The zero-order valence-electron chi connectivity index (χ0n) is 7.70. The SMILES string of the molecule is CCC(C(=O)NCC(F)F)C(N)=NO. The van der Waals surface area contributed by atoms with E-state index in [9.17, 15) is 13.6 Å². The van der Waals surface area contributed by atoms with E-state index in [0.29, 0.717) is 0 Å². The molecule has 0 aromatic heterocycles. The van der Waals surface area contributed by atoms with Gasteiger partial charge in [-0.1, -0.05) is 12.1 Å². The highest BCUT2D eigenvalue weighted by Crippen LogP contribution is 2.03. The Balaban J connectivity index is 4.19. The number of nitrogens with one attached hydrogen (secondary N) is 1. The molecule has 1 atom stereocenters. The summed E-state index contributed by atoms with van der Waals surface area (Å²) in [4.78, 5) is 11.2.